The summed E-state index contributed by atoms with van der Waals surface area (Å²) >= 11 is 0. The largest absolute Gasteiger partial charge is 0.384 e. The van der Waals surface area contributed by atoms with E-state index in [2.05, 4.69) is 20.3 Å². The predicted molar refractivity (Wildman–Crippen MR) is 114 cm³/mol. The molecule has 0 saturated heterocycles. The highest BCUT2D eigenvalue weighted by atomic mass is 32.2. The van der Waals surface area contributed by atoms with Crippen LogP contribution in [0.3, 0.4) is 0 Å². The Morgan fingerprint density at radius 1 is 1.16 bits per heavy atom. The summed E-state index contributed by atoms with van der Waals surface area (Å²) in [5, 5.41) is 13.4. The van der Waals surface area contributed by atoms with E-state index in [4.69, 9.17) is 0 Å². The fourth-order valence-corrected chi connectivity index (χ4v) is 3.66. The van der Waals surface area contributed by atoms with Crippen LogP contribution in [0.15, 0.2) is 41.6 Å². The van der Waals surface area contributed by atoms with Gasteiger partial charge in [-0.05, 0) is 45.4 Å². The normalized spacial score (nSPS) is 13.9. The number of aliphatic hydroxyl groups is 1. The molecule has 0 amide bonds. The van der Waals surface area contributed by atoms with Gasteiger partial charge < -0.3 is 10.4 Å². The van der Waals surface area contributed by atoms with Crippen molar-refractivity contribution < 1.29 is 22.3 Å². The molecular weight excluding hydrogens is 426 g/mol. The number of fused-ring (bicyclic) bond motifs is 1. The van der Waals surface area contributed by atoms with Crippen molar-refractivity contribution in [3.8, 4) is 0 Å². The number of alkyl halides is 2. The molecule has 0 fully saturated rings. The highest BCUT2D eigenvalue weighted by Gasteiger charge is 2.47. The van der Waals surface area contributed by atoms with E-state index in [0.29, 0.717) is 28.1 Å². The van der Waals surface area contributed by atoms with Gasteiger partial charge in [0, 0.05) is 23.2 Å². The summed E-state index contributed by atoms with van der Waals surface area (Å²) in [7, 11) is -3.54. The van der Waals surface area contributed by atoms with E-state index in [9.17, 15) is 22.3 Å². The second kappa shape index (κ2) is 7.76. The Morgan fingerprint density at radius 2 is 1.84 bits per heavy atom. The third kappa shape index (κ3) is 4.64. The number of halogens is 2. The molecule has 3 aromatic rings. The Bertz CT molecular complexity index is 1240. The zero-order valence-corrected chi connectivity index (χ0v) is 18.6. The first-order chi connectivity index (χ1) is 14.2. The molecule has 1 aromatic carbocycles. The van der Waals surface area contributed by atoms with E-state index in [1.54, 1.807) is 19.9 Å². The number of rotatable bonds is 6. The summed E-state index contributed by atoms with van der Waals surface area (Å²) < 4.78 is 53.0. The Morgan fingerprint density at radius 3 is 2.45 bits per heavy atom. The lowest BCUT2D eigenvalue weighted by molar-refractivity contribution is -0.168. The Labute approximate surface area is 179 Å². The molecule has 2 heterocycles. The number of pyridine rings is 1. The zero-order valence-electron chi connectivity index (χ0n) is 17.8. The van der Waals surface area contributed by atoms with Crippen LogP contribution in [-0.2, 0) is 15.8 Å². The molecular formula is C21H24F2N4O3S. The summed E-state index contributed by atoms with van der Waals surface area (Å²) in [6, 6.07) is 6.71. The van der Waals surface area contributed by atoms with Gasteiger partial charge in [-0.1, -0.05) is 18.2 Å². The Kier molecular flexibility index (Phi) is 5.74. The molecule has 0 aliphatic carbocycles. The lowest BCUT2D eigenvalue weighted by atomic mass is 9.91. The maximum atomic E-state index is 14.6. The van der Waals surface area contributed by atoms with Gasteiger partial charge in [0.15, 0.2) is 14.9 Å². The minimum absolute atomic E-state index is 0.116. The quantitative estimate of drug-likeness (QED) is 0.589. The van der Waals surface area contributed by atoms with Gasteiger partial charge in [0.1, 0.15) is 17.2 Å². The summed E-state index contributed by atoms with van der Waals surface area (Å²) in [6.07, 6.45) is 2.42. The van der Waals surface area contributed by atoms with Crippen LogP contribution in [0.5, 0.6) is 0 Å². The molecule has 0 aliphatic heterocycles. The first kappa shape index (κ1) is 23.0. The van der Waals surface area contributed by atoms with Gasteiger partial charge in [0.05, 0.1) is 11.7 Å². The molecule has 0 saturated carbocycles. The number of hydrogen-bond donors (Lipinski definition) is 2. The van der Waals surface area contributed by atoms with E-state index in [0.717, 1.165) is 20.1 Å². The summed E-state index contributed by atoms with van der Waals surface area (Å²) in [6.45, 7) is 5.57. The van der Waals surface area contributed by atoms with Crippen LogP contribution in [0, 0.1) is 6.92 Å². The first-order valence-corrected chi connectivity index (χ1v) is 11.4. The maximum Gasteiger partial charge on any atom is 0.300 e. The van der Waals surface area contributed by atoms with E-state index in [1.807, 2.05) is 0 Å². The topological polar surface area (TPSA) is 105 Å². The van der Waals surface area contributed by atoms with E-state index < -0.39 is 27.4 Å². The molecule has 31 heavy (non-hydrogen) atoms. The minimum Gasteiger partial charge on any atom is -0.384 e. The maximum absolute atomic E-state index is 14.6. The molecule has 10 heteroatoms. The van der Waals surface area contributed by atoms with Crippen molar-refractivity contribution in [1.82, 2.24) is 15.0 Å². The Hall–Kier alpha value is -2.72. The molecule has 7 nitrogen and oxygen atoms in total. The molecule has 166 valence electrons. The lowest BCUT2D eigenvalue weighted by Crippen LogP contribution is -2.40. The molecule has 1 atom stereocenters. The molecule has 2 N–H and O–H groups in total. The van der Waals surface area contributed by atoms with Crippen molar-refractivity contribution in [1.29, 1.82) is 0 Å². The van der Waals surface area contributed by atoms with Crippen molar-refractivity contribution in [2.45, 2.75) is 50.3 Å². The smallest absolute Gasteiger partial charge is 0.300 e. The van der Waals surface area contributed by atoms with Crippen LogP contribution in [0.1, 0.15) is 43.8 Å². The predicted octanol–water partition coefficient (Wildman–Crippen LogP) is 3.77. The Balaban J connectivity index is 2.02. The number of aryl methyl sites for hydroxylation is 1. The number of nitrogens with one attached hydrogen (secondary N) is 1. The van der Waals surface area contributed by atoms with Crippen LogP contribution in [0.25, 0.3) is 10.9 Å². The van der Waals surface area contributed by atoms with Crippen LogP contribution in [0.2, 0.25) is 0 Å². The van der Waals surface area contributed by atoms with E-state index in [-0.39, 0.29) is 10.6 Å². The van der Waals surface area contributed by atoms with Gasteiger partial charge in [-0.2, -0.15) is 8.78 Å². The highest BCUT2D eigenvalue weighted by molar-refractivity contribution is 7.90. The van der Waals surface area contributed by atoms with Crippen LogP contribution < -0.4 is 5.32 Å². The number of benzene rings is 1. The van der Waals surface area contributed by atoms with Crippen LogP contribution >= 0.6 is 0 Å². The number of sulfone groups is 1. The lowest BCUT2D eigenvalue weighted by Gasteiger charge is -2.30. The second-order valence-electron chi connectivity index (χ2n) is 8.06. The molecule has 0 radical (unpaired) electrons. The summed E-state index contributed by atoms with van der Waals surface area (Å²) in [5.74, 6) is -2.64. The zero-order chi connectivity index (χ0) is 23.2. The van der Waals surface area contributed by atoms with Gasteiger partial charge >= 0.3 is 5.92 Å². The number of anilines is 1. The number of hydrogen-bond acceptors (Lipinski definition) is 7. The molecule has 0 aliphatic rings. The highest BCUT2D eigenvalue weighted by Crippen LogP contribution is 2.39. The average molecular weight is 451 g/mol. The third-order valence-electron chi connectivity index (χ3n) is 4.92. The molecule has 0 spiro atoms. The van der Waals surface area contributed by atoms with Gasteiger partial charge in [-0.15, -0.1) is 0 Å². The van der Waals surface area contributed by atoms with Gasteiger partial charge in [0.25, 0.3) is 0 Å². The van der Waals surface area contributed by atoms with Crippen molar-refractivity contribution >= 4 is 26.6 Å². The monoisotopic (exact) mass is 450 g/mol. The van der Waals surface area contributed by atoms with Crippen molar-refractivity contribution in [3.63, 3.8) is 0 Å². The van der Waals surface area contributed by atoms with Crippen LogP contribution in [-0.4, -0.2) is 40.3 Å². The molecule has 2 aromatic heterocycles. The molecule has 3 rings (SSSR count). The average Bonchev–Trinajstić information content (AvgIpc) is 2.66. The third-order valence-corrected chi connectivity index (χ3v) is 5.90. The second-order valence-corrected chi connectivity index (χ2v) is 10.0. The van der Waals surface area contributed by atoms with E-state index in [1.165, 1.54) is 30.5 Å². The summed E-state index contributed by atoms with van der Waals surface area (Å²) in [5.41, 5.74) is -1.53. The standard InChI is InChI=1S/C21H24F2N4O3S/c1-12(14-7-6-8-15(9-14)21(22,23)20(3,4)28)25-19-16-10-18(31(5,29)30)24-11-17(16)26-13(2)27-19/h6-12,28H,1-5H3,(H,25,26,27)/t12-/m1/s1. The fraction of sp³-hybridized carbons (Fsp3) is 0.381. The molecule has 0 bridgehead atoms. The SMILES string of the molecule is Cc1nc(N[C@H](C)c2cccc(C(F)(F)C(C)(C)O)c2)c2cc(S(C)(=O)=O)ncc2n1. The van der Waals surface area contributed by atoms with Crippen molar-refractivity contribution in [3.05, 3.63) is 53.5 Å². The van der Waals surface area contributed by atoms with Crippen molar-refractivity contribution in [2.24, 2.45) is 0 Å². The van der Waals surface area contributed by atoms with Gasteiger partial charge in [-0.25, -0.2) is 23.4 Å². The van der Waals surface area contributed by atoms with Gasteiger partial charge in [0.2, 0.25) is 0 Å². The van der Waals surface area contributed by atoms with E-state index >= 15 is 0 Å². The van der Waals surface area contributed by atoms with Gasteiger partial charge in [-0.3, -0.25) is 0 Å². The van der Waals surface area contributed by atoms with Crippen LogP contribution in [0.4, 0.5) is 14.6 Å². The fourth-order valence-electron chi connectivity index (χ4n) is 3.09. The first-order valence-electron chi connectivity index (χ1n) is 9.52. The number of nitrogens with zero attached hydrogens (tertiary/aromatic N) is 3. The van der Waals surface area contributed by atoms with Crippen molar-refractivity contribution in [2.75, 3.05) is 11.6 Å². The molecule has 0 unspecified atom stereocenters. The summed E-state index contributed by atoms with van der Waals surface area (Å²) in [4.78, 5) is 12.6. The minimum atomic E-state index is -3.54. The number of aromatic nitrogens is 3.